The molecule has 20 heavy (non-hydrogen) atoms. The Hall–Kier alpha value is -1.70. The third-order valence-corrected chi connectivity index (χ3v) is 4.38. The molecule has 3 nitrogen and oxygen atoms in total. The van der Waals surface area contributed by atoms with Crippen molar-refractivity contribution in [3.05, 3.63) is 40.2 Å². The van der Waals surface area contributed by atoms with E-state index in [4.69, 9.17) is 15.0 Å². The van der Waals surface area contributed by atoms with E-state index in [9.17, 15) is 0 Å². The molecular weight excluding hydrogens is 268 g/mol. The summed E-state index contributed by atoms with van der Waals surface area (Å²) in [6.07, 6.45) is 2.66. The molecule has 2 aromatic rings. The van der Waals surface area contributed by atoms with E-state index < -0.39 is 0 Å². The van der Waals surface area contributed by atoms with Gasteiger partial charge in [-0.25, -0.2) is 4.98 Å². The molecule has 1 aliphatic carbocycles. The standard InChI is InChI=1S/C16H16N2OS/c1-2-19-15(13-7-8-13)16-18-14(10-20-16)12-5-3-11(9-17)4-6-12/h3-6,10,13,15H,2,7-8H2,1H3. The number of thiazole rings is 1. The quantitative estimate of drug-likeness (QED) is 0.827. The fourth-order valence-corrected chi connectivity index (χ4v) is 3.22. The molecule has 1 fully saturated rings. The van der Waals surface area contributed by atoms with Crippen LogP contribution in [0.5, 0.6) is 0 Å². The van der Waals surface area contributed by atoms with Gasteiger partial charge < -0.3 is 4.74 Å². The normalized spacial score (nSPS) is 15.8. The highest BCUT2D eigenvalue weighted by molar-refractivity contribution is 7.10. The summed E-state index contributed by atoms with van der Waals surface area (Å²) in [4.78, 5) is 4.73. The number of benzene rings is 1. The predicted octanol–water partition coefficient (Wildman–Crippen LogP) is 4.17. The van der Waals surface area contributed by atoms with Gasteiger partial charge in [-0.2, -0.15) is 5.26 Å². The Morgan fingerprint density at radius 2 is 2.15 bits per heavy atom. The van der Waals surface area contributed by atoms with Crippen LogP contribution in [0, 0.1) is 17.2 Å². The molecule has 0 amide bonds. The second kappa shape index (κ2) is 5.74. The van der Waals surface area contributed by atoms with E-state index in [1.807, 2.05) is 31.2 Å². The van der Waals surface area contributed by atoms with Gasteiger partial charge in [0.2, 0.25) is 0 Å². The number of ether oxygens (including phenoxy) is 1. The van der Waals surface area contributed by atoms with Crippen LogP contribution >= 0.6 is 11.3 Å². The third kappa shape index (κ3) is 2.74. The van der Waals surface area contributed by atoms with E-state index in [1.165, 1.54) is 12.8 Å². The maximum atomic E-state index is 8.82. The smallest absolute Gasteiger partial charge is 0.122 e. The lowest BCUT2D eigenvalue weighted by Crippen LogP contribution is -2.06. The maximum Gasteiger partial charge on any atom is 0.122 e. The van der Waals surface area contributed by atoms with Crippen molar-refractivity contribution in [2.45, 2.75) is 25.9 Å². The summed E-state index contributed by atoms with van der Waals surface area (Å²) in [5.41, 5.74) is 2.70. The Labute approximate surface area is 122 Å². The van der Waals surface area contributed by atoms with Crippen LogP contribution < -0.4 is 0 Å². The van der Waals surface area contributed by atoms with Crippen LogP contribution in [0.1, 0.15) is 36.4 Å². The molecule has 0 radical (unpaired) electrons. The third-order valence-electron chi connectivity index (χ3n) is 3.47. The van der Waals surface area contributed by atoms with Gasteiger partial charge in [-0.1, -0.05) is 12.1 Å². The molecule has 3 rings (SSSR count). The molecule has 0 aliphatic heterocycles. The average molecular weight is 284 g/mol. The van der Waals surface area contributed by atoms with Crippen LogP contribution in [0.2, 0.25) is 0 Å². The fraction of sp³-hybridized carbons (Fsp3) is 0.375. The monoisotopic (exact) mass is 284 g/mol. The Morgan fingerprint density at radius 3 is 2.75 bits per heavy atom. The summed E-state index contributed by atoms with van der Waals surface area (Å²) in [6, 6.07) is 9.69. The zero-order chi connectivity index (χ0) is 13.9. The van der Waals surface area contributed by atoms with E-state index in [0.29, 0.717) is 11.5 Å². The summed E-state index contributed by atoms with van der Waals surface area (Å²) in [5, 5.41) is 12.0. The lowest BCUT2D eigenvalue weighted by Gasteiger charge is -2.12. The maximum absolute atomic E-state index is 8.82. The van der Waals surface area contributed by atoms with Gasteiger partial charge in [0.25, 0.3) is 0 Å². The zero-order valence-electron chi connectivity index (χ0n) is 11.4. The van der Waals surface area contributed by atoms with Gasteiger partial charge in [-0.3, -0.25) is 0 Å². The minimum absolute atomic E-state index is 0.164. The van der Waals surface area contributed by atoms with Crippen LogP contribution in [0.25, 0.3) is 11.3 Å². The molecule has 102 valence electrons. The number of nitrogens with zero attached hydrogens (tertiary/aromatic N) is 2. The van der Waals surface area contributed by atoms with Crippen LogP contribution in [-0.2, 0) is 4.74 Å². The lowest BCUT2D eigenvalue weighted by atomic mass is 10.1. The number of rotatable bonds is 5. The number of aromatic nitrogens is 1. The molecule has 1 saturated carbocycles. The topological polar surface area (TPSA) is 45.9 Å². The van der Waals surface area contributed by atoms with Crippen LogP contribution in [-0.4, -0.2) is 11.6 Å². The van der Waals surface area contributed by atoms with Crippen molar-refractivity contribution < 1.29 is 4.74 Å². The van der Waals surface area contributed by atoms with E-state index in [0.717, 1.165) is 22.9 Å². The molecule has 0 bridgehead atoms. The van der Waals surface area contributed by atoms with Crippen LogP contribution in [0.4, 0.5) is 0 Å². The predicted molar refractivity (Wildman–Crippen MR) is 79.4 cm³/mol. The van der Waals surface area contributed by atoms with Gasteiger partial charge in [0.15, 0.2) is 0 Å². The molecule has 1 unspecified atom stereocenters. The van der Waals surface area contributed by atoms with Gasteiger partial charge >= 0.3 is 0 Å². The number of hydrogen-bond donors (Lipinski definition) is 0. The van der Waals surface area contributed by atoms with E-state index in [1.54, 1.807) is 11.3 Å². The molecule has 1 heterocycles. The van der Waals surface area contributed by atoms with Crippen LogP contribution in [0.3, 0.4) is 0 Å². The second-order valence-electron chi connectivity index (χ2n) is 4.97. The summed E-state index contributed by atoms with van der Waals surface area (Å²) in [6.45, 7) is 2.76. The average Bonchev–Trinajstić information content (AvgIpc) is 3.21. The van der Waals surface area contributed by atoms with Crippen LogP contribution in [0.15, 0.2) is 29.6 Å². The fourth-order valence-electron chi connectivity index (χ4n) is 2.25. The van der Waals surface area contributed by atoms with Gasteiger partial charge in [0.05, 0.1) is 17.3 Å². The SMILES string of the molecule is CCOC(c1nc(-c2ccc(C#N)cc2)cs1)C1CC1. The largest absolute Gasteiger partial charge is 0.371 e. The second-order valence-corrected chi connectivity index (χ2v) is 5.86. The van der Waals surface area contributed by atoms with E-state index >= 15 is 0 Å². The minimum atomic E-state index is 0.164. The molecular formula is C16H16N2OS. The molecule has 0 spiro atoms. The lowest BCUT2D eigenvalue weighted by molar-refractivity contribution is 0.0462. The van der Waals surface area contributed by atoms with Crippen molar-refractivity contribution in [2.24, 2.45) is 5.92 Å². The van der Waals surface area contributed by atoms with Gasteiger partial charge in [0.1, 0.15) is 11.1 Å². The van der Waals surface area contributed by atoms with E-state index in [2.05, 4.69) is 11.4 Å². The molecule has 0 N–H and O–H groups in total. The molecule has 4 heteroatoms. The van der Waals surface area contributed by atoms with Crippen molar-refractivity contribution in [2.75, 3.05) is 6.61 Å². The molecule has 1 aliphatic rings. The summed E-state index contributed by atoms with van der Waals surface area (Å²) >= 11 is 1.67. The minimum Gasteiger partial charge on any atom is -0.371 e. The molecule has 1 atom stereocenters. The first kappa shape index (κ1) is 13.3. The highest BCUT2D eigenvalue weighted by atomic mass is 32.1. The highest BCUT2D eigenvalue weighted by Gasteiger charge is 2.34. The first-order valence-corrected chi connectivity index (χ1v) is 7.77. The van der Waals surface area contributed by atoms with Gasteiger partial charge in [-0.15, -0.1) is 11.3 Å². The van der Waals surface area contributed by atoms with Crippen molar-refractivity contribution in [3.63, 3.8) is 0 Å². The number of nitriles is 1. The molecule has 1 aromatic heterocycles. The Kier molecular flexibility index (Phi) is 3.81. The Bertz CT molecular complexity index is 623. The summed E-state index contributed by atoms with van der Waals surface area (Å²) < 4.78 is 5.84. The Balaban J connectivity index is 1.83. The first-order valence-electron chi connectivity index (χ1n) is 6.89. The summed E-state index contributed by atoms with van der Waals surface area (Å²) in [5.74, 6) is 0.648. The Morgan fingerprint density at radius 1 is 1.40 bits per heavy atom. The van der Waals surface area contributed by atoms with Gasteiger partial charge in [-0.05, 0) is 37.8 Å². The van der Waals surface area contributed by atoms with Gasteiger partial charge in [0, 0.05) is 17.6 Å². The van der Waals surface area contributed by atoms with Crippen molar-refractivity contribution in [3.8, 4) is 17.3 Å². The van der Waals surface area contributed by atoms with Crippen molar-refractivity contribution in [1.82, 2.24) is 4.98 Å². The van der Waals surface area contributed by atoms with Crippen molar-refractivity contribution >= 4 is 11.3 Å². The van der Waals surface area contributed by atoms with Crippen molar-refractivity contribution in [1.29, 1.82) is 5.26 Å². The molecule has 0 saturated heterocycles. The molecule has 1 aromatic carbocycles. The first-order chi connectivity index (χ1) is 9.81. The number of hydrogen-bond acceptors (Lipinski definition) is 4. The zero-order valence-corrected chi connectivity index (χ0v) is 12.2. The van der Waals surface area contributed by atoms with E-state index in [-0.39, 0.29) is 6.10 Å². The summed E-state index contributed by atoms with van der Waals surface area (Å²) in [7, 11) is 0. The highest BCUT2D eigenvalue weighted by Crippen LogP contribution is 2.44.